The number of hydrogen-bond acceptors (Lipinski definition) is 11. The molecule has 0 saturated carbocycles. The van der Waals surface area contributed by atoms with E-state index in [0.29, 0.717) is 29.2 Å². The summed E-state index contributed by atoms with van der Waals surface area (Å²) in [7, 11) is -0.363. The fraction of sp³-hybridized carbons (Fsp3) is 0.481. The van der Waals surface area contributed by atoms with Crippen LogP contribution >= 0.6 is 7.75 Å². The van der Waals surface area contributed by atoms with E-state index in [-0.39, 0.29) is 18.7 Å². The minimum Gasteiger partial charge on any atom is -0.462 e. The maximum atomic E-state index is 13.9. The van der Waals surface area contributed by atoms with E-state index >= 15 is 0 Å². The van der Waals surface area contributed by atoms with Crippen LogP contribution in [-0.4, -0.2) is 64.4 Å². The van der Waals surface area contributed by atoms with Crippen LogP contribution in [0.3, 0.4) is 0 Å². The third-order valence-electron chi connectivity index (χ3n) is 6.57. The van der Waals surface area contributed by atoms with Crippen molar-refractivity contribution in [3.05, 3.63) is 49.3 Å². The quantitative estimate of drug-likeness (QED) is 0.178. The van der Waals surface area contributed by atoms with E-state index in [2.05, 4.69) is 26.6 Å². The lowest BCUT2D eigenvalue weighted by molar-refractivity contribution is -0.149. The van der Waals surface area contributed by atoms with E-state index in [4.69, 9.17) is 24.3 Å². The summed E-state index contributed by atoms with van der Waals surface area (Å²) in [4.78, 5) is 27.5. The van der Waals surface area contributed by atoms with E-state index in [1.807, 2.05) is 32.0 Å². The molecule has 1 saturated heterocycles. The molecule has 5 atom stereocenters. The van der Waals surface area contributed by atoms with E-state index in [1.165, 1.54) is 6.92 Å². The number of nitrogen functional groups attached to an aromatic ring is 1. The molecule has 1 aromatic carbocycles. The molecule has 0 spiro atoms. The standard InChI is InChI=1S/C27H38N7O6P/c1-8-27(5)14-20(39-25(27)34-16-29-21-22(33(6)7)30-26(28)31-23(21)34)15-37-41(36,40-19-12-10-9-11-13-19)32-18(4)24(35)38-17(2)3/h8-13,16-18,20,25H,1,14-15H2,2-7H3,(H,32,36)(H2,28,30,31)/t18-,20+,25-,27-,41+/m1/s1. The number of rotatable bonds is 12. The predicted molar refractivity (Wildman–Crippen MR) is 155 cm³/mol. The molecule has 2 aromatic heterocycles. The van der Waals surface area contributed by atoms with Gasteiger partial charge in [-0.05, 0) is 39.3 Å². The summed E-state index contributed by atoms with van der Waals surface area (Å²) in [5, 5.41) is 2.70. The topological polar surface area (TPSA) is 156 Å². The summed E-state index contributed by atoms with van der Waals surface area (Å²) in [6.45, 7) is 10.9. The van der Waals surface area contributed by atoms with Crippen molar-refractivity contribution in [2.45, 2.75) is 58.6 Å². The molecule has 4 rings (SSSR count). The number of fused-ring (bicyclic) bond motifs is 1. The Kier molecular flexibility index (Phi) is 9.03. The highest BCUT2D eigenvalue weighted by atomic mass is 31.2. The number of nitrogens with one attached hydrogen (secondary N) is 1. The second-order valence-electron chi connectivity index (χ2n) is 10.7. The van der Waals surface area contributed by atoms with E-state index in [9.17, 15) is 9.36 Å². The number of benzene rings is 1. The Morgan fingerprint density at radius 1 is 1.32 bits per heavy atom. The number of para-hydroxylation sites is 1. The molecule has 0 radical (unpaired) electrons. The Bertz CT molecular complexity index is 1430. The first-order chi connectivity index (χ1) is 19.3. The molecule has 0 amide bonds. The lowest BCUT2D eigenvalue weighted by atomic mass is 9.85. The number of hydrogen-bond donors (Lipinski definition) is 2. The average molecular weight is 588 g/mol. The minimum absolute atomic E-state index is 0.101. The number of carbonyl (C=O) groups is 1. The van der Waals surface area contributed by atoms with Crippen LogP contribution in [0, 0.1) is 5.41 Å². The van der Waals surface area contributed by atoms with E-state index in [1.54, 1.807) is 55.1 Å². The smallest absolute Gasteiger partial charge is 0.459 e. The van der Waals surface area contributed by atoms with Crippen molar-refractivity contribution in [1.82, 2.24) is 24.6 Å². The first-order valence-electron chi connectivity index (χ1n) is 13.3. The number of carbonyl (C=O) groups excluding carboxylic acids is 1. The molecule has 13 nitrogen and oxygen atoms in total. The lowest BCUT2D eigenvalue weighted by Crippen LogP contribution is -2.36. The Labute approximate surface area is 239 Å². The van der Waals surface area contributed by atoms with Gasteiger partial charge in [-0.3, -0.25) is 13.9 Å². The van der Waals surface area contributed by atoms with Gasteiger partial charge in [0, 0.05) is 19.5 Å². The molecule has 3 N–H and O–H groups in total. The minimum atomic E-state index is -4.06. The van der Waals surface area contributed by atoms with Gasteiger partial charge in [0.1, 0.15) is 18.0 Å². The molecule has 14 heteroatoms. The average Bonchev–Trinajstić information content (AvgIpc) is 3.47. The molecule has 0 unspecified atom stereocenters. The van der Waals surface area contributed by atoms with Crippen molar-refractivity contribution >= 4 is 36.6 Å². The Morgan fingerprint density at radius 2 is 2.02 bits per heavy atom. The van der Waals surface area contributed by atoms with E-state index in [0.717, 1.165) is 0 Å². The van der Waals surface area contributed by atoms with Crippen LogP contribution in [-0.2, 0) is 23.4 Å². The van der Waals surface area contributed by atoms with E-state index < -0.39 is 37.5 Å². The summed E-state index contributed by atoms with van der Waals surface area (Å²) in [5.41, 5.74) is 6.53. The highest BCUT2D eigenvalue weighted by Crippen LogP contribution is 2.50. The molecule has 222 valence electrons. The fourth-order valence-corrected chi connectivity index (χ4v) is 6.08. The first-order valence-corrected chi connectivity index (χ1v) is 14.8. The number of ether oxygens (including phenoxy) is 2. The molecule has 41 heavy (non-hydrogen) atoms. The zero-order valence-corrected chi connectivity index (χ0v) is 25.1. The summed E-state index contributed by atoms with van der Waals surface area (Å²) >= 11 is 0. The Hall–Kier alpha value is -3.51. The van der Waals surface area contributed by atoms with Crippen LogP contribution in [0.15, 0.2) is 49.3 Å². The van der Waals surface area contributed by atoms with Crippen molar-refractivity contribution in [2.75, 3.05) is 31.3 Å². The number of aromatic nitrogens is 4. The Balaban J connectivity index is 1.56. The number of imidazole rings is 1. The monoisotopic (exact) mass is 587 g/mol. The van der Waals surface area contributed by atoms with Gasteiger partial charge in [-0.15, -0.1) is 6.58 Å². The third kappa shape index (κ3) is 6.87. The lowest BCUT2D eigenvalue weighted by Gasteiger charge is -2.27. The normalized spacial score (nSPS) is 22.8. The van der Waals surface area contributed by atoms with Crippen LogP contribution in [0.1, 0.15) is 40.3 Å². The van der Waals surface area contributed by atoms with Gasteiger partial charge >= 0.3 is 13.7 Å². The number of anilines is 2. The van der Waals surface area contributed by atoms with Gasteiger partial charge < -0.3 is 24.6 Å². The van der Waals surface area contributed by atoms with Crippen molar-refractivity contribution in [1.29, 1.82) is 0 Å². The third-order valence-corrected chi connectivity index (χ3v) is 8.22. The number of esters is 1. The summed E-state index contributed by atoms with van der Waals surface area (Å²) in [6.07, 6.45) is 2.51. The highest BCUT2D eigenvalue weighted by molar-refractivity contribution is 7.52. The van der Waals surface area contributed by atoms with Gasteiger partial charge in [-0.25, -0.2) is 9.55 Å². The molecular formula is C27H38N7O6P. The molecular weight excluding hydrogens is 549 g/mol. The molecule has 0 aliphatic carbocycles. The molecule has 1 aliphatic heterocycles. The summed E-state index contributed by atoms with van der Waals surface area (Å²) in [6, 6.07) is 7.61. The second kappa shape index (κ2) is 12.2. The van der Waals surface area contributed by atoms with Crippen LogP contribution in [0.2, 0.25) is 0 Å². The van der Waals surface area contributed by atoms with Crippen molar-refractivity contribution in [3.63, 3.8) is 0 Å². The summed E-state index contributed by atoms with van der Waals surface area (Å²) < 4.78 is 39.0. The Morgan fingerprint density at radius 3 is 2.66 bits per heavy atom. The predicted octanol–water partition coefficient (Wildman–Crippen LogP) is 4.09. The van der Waals surface area contributed by atoms with Crippen molar-refractivity contribution in [3.8, 4) is 5.75 Å². The van der Waals surface area contributed by atoms with Crippen LogP contribution in [0.4, 0.5) is 11.8 Å². The fourth-order valence-electron chi connectivity index (χ4n) is 4.56. The highest BCUT2D eigenvalue weighted by Gasteiger charge is 2.46. The molecule has 3 aromatic rings. The maximum absolute atomic E-state index is 13.9. The SMILES string of the molecule is C=C[C@]1(C)C[C@@H](CO[P@@](=O)(N[C@H](C)C(=O)OC(C)C)Oc2ccccc2)O[C@H]1n1cnc2c(N(C)C)nc(N)nc21. The number of nitrogens with zero attached hydrogens (tertiary/aromatic N) is 5. The van der Waals surface area contributed by atoms with Crippen molar-refractivity contribution < 1.29 is 27.9 Å². The maximum Gasteiger partial charge on any atom is 0.459 e. The van der Waals surface area contributed by atoms with Crippen molar-refractivity contribution in [2.24, 2.45) is 5.41 Å². The van der Waals surface area contributed by atoms with Gasteiger partial charge in [0.05, 0.1) is 25.1 Å². The first kappa shape index (κ1) is 30.4. The van der Waals surface area contributed by atoms with Crippen LogP contribution in [0.25, 0.3) is 11.2 Å². The van der Waals surface area contributed by atoms with Crippen LogP contribution < -0.4 is 20.2 Å². The largest absolute Gasteiger partial charge is 0.462 e. The molecule has 3 heterocycles. The van der Waals surface area contributed by atoms with Gasteiger partial charge in [0.25, 0.3) is 0 Å². The zero-order chi connectivity index (χ0) is 29.9. The molecule has 1 aliphatic rings. The zero-order valence-electron chi connectivity index (χ0n) is 24.2. The van der Waals surface area contributed by atoms with Gasteiger partial charge in [-0.1, -0.05) is 31.2 Å². The van der Waals surface area contributed by atoms with Gasteiger partial charge in [0.15, 0.2) is 17.0 Å². The summed E-state index contributed by atoms with van der Waals surface area (Å²) in [5.74, 6) is 0.422. The second-order valence-corrected chi connectivity index (χ2v) is 12.4. The van der Waals surface area contributed by atoms with Crippen LogP contribution in [0.5, 0.6) is 5.75 Å². The number of nitrogens with two attached hydrogens (primary N) is 1. The van der Waals surface area contributed by atoms with Gasteiger partial charge in [-0.2, -0.15) is 15.1 Å². The molecule has 1 fully saturated rings. The van der Waals surface area contributed by atoms with Gasteiger partial charge in [0.2, 0.25) is 5.95 Å². The molecule has 0 bridgehead atoms.